The van der Waals surface area contributed by atoms with Crippen molar-refractivity contribution in [2.75, 3.05) is 6.61 Å². The first-order chi connectivity index (χ1) is 34.7. The molecule has 0 spiro atoms. The summed E-state index contributed by atoms with van der Waals surface area (Å²) in [5.41, 5.74) is 0. The van der Waals surface area contributed by atoms with Crippen LogP contribution in [0.4, 0.5) is 0 Å². The van der Waals surface area contributed by atoms with Gasteiger partial charge in [-0.05, 0) is 96.3 Å². The van der Waals surface area contributed by atoms with Crippen molar-refractivity contribution < 1.29 is 15.0 Å². The predicted octanol–water partition coefficient (Wildman–Crippen LogP) is 20.3. The summed E-state index contributed by atoms with van der Waals surface area (Å²) < 4.78 is 0. The van der Waals surface area contributed by atoms with Crippen molar-refractivity contribution in [1.29, 1.82) is 0 Å². The second kappa shape index (κ2) is 60.4. The number of aliphatic hydroxyl groups is 2. The van der Waals surface area contributed by atoms with Gasteiger partial charge < -0.3 is 15.5 Å². The van der Waals surface area contributed by atoms with E-state index >= 15 is 0 Å². The van der Waals surface area contributed by atoms with Gasteiger partial charge in [0.2, 0.25) is 5.91 Å². The fourth-order valence-electron chi connectivity index (χ4n) is 8.69. The van der Waals surface area contributed by atoms with Crippen LogP contribution >= 0.6 is 0 Å². The summed E-state index contributed by atoms with van der Waals surface area (Å²) in [4.78, 5) is 12.5. The van der Waals surface area contributed by atoms with Crippen molar-refractivity contribution in [1.82, 2.24) is 5.32 Å². The molecule has 0 rings (SSSR count). The van der Waals surface area contributed by atoms with Crippen molar-refractivity contribution in [2.45, 2.75) is 296 Å². The minimum atomic E-state index is -0.886. The number of amides is 1. The zero-order chi connectivity index (χ0) is 50.6. The van der Waals surface area contributed by atoms with Crippen molar-refractivity contribution in [3.8, 4) is 0 Å². The monoisotopic (exact) mass is 970 g/mol. The van der Waals surface area contributed by atoms with Gasteiger partial charge in [0.1, 0.15) is 0 Å². The summed E-state index contributed by atoms with van der Waals surface area (Å²) in [6.45, 7) is 4.19. The first-order valence-corrected chi connectivity index (χ1v) is 30.1. The maximum atomic E-state index is 12.5. The predicted molar refractivity (Wildman–Crippen MR) is 313 cm³/mol. The molecule has 2 unspecified atom stereocenters. The van der Waals surface area contributed by atoms with Gasteiger partial charge in [-0.1, -0.05) is 290 Å². The molecule has 0 aromatic heterocycles. The van der Waals surface area contributed by atoms with Gasteiger partial charge in [-0.3, -0.25) is 4.79 Å². The third-order valence-corrected chi connectivity index (χ3v) is 13.2. The lowest BCUT2D eigenvalue weighted by Crippen LogP contribution is -2.45. The normalized spacial score (nSPS) is 13.6. The maximum Gasteiger partial charge on any atom is 0.220 e. The Morgan fingerprint density at radius 2 is 0.643 bits per heavy atom. The Hall–Kier alpha value is -2.95. The van der Waals surface area contributed by atoms with Crippen LogP contribution < -0.4 is 5.32 Å². The molecule has 402 valence electrons. The number of unbranched alkanes of at least 4 members (excludes halogenated alkanes) is 31. The summed E-state index contributed by atoms with van der Waals surface area (Å²) in [5, 5.41) is 23.2. The van der Waals surface area contributed by atoms with E-state index in [1.54, 1.807) is 6.08 Å². The van der Waals surface area contributed by atoms with Crippen molar-refractivity contribution in [2.24, 2.45) is 0 Å². The summed E-state index contributed by atoms with van der Waals surface area (Å²) in [6, 6.07) is -0.663. The molecular weight excluding hydrogens is 855 g/mol. The van der Waals surface area contributed by atoms with Crippen molar-refractivity contribution in [3.05, 3.63) is 109 Å². The Kier molecular flexibility index (Phi) is 57.8. The first-order valence-electron chi connectivity index (χ1n) is 30.1. The van der Waals surface area contributed by atoms with Gasteiger partial charge in [0.15, 0.2) is 0 Å². The maximum absolute atomic E-state index is 12.5. The average molecular weight is 971 g/mol. The summed E-state index contributed by atoms with van der Waals surface area (Å²) in [6.07, 6.45) is 91.3. The molecule has 0 saturated carbocycles. The van der Waals surface area contributed by atoms with E-state index in [0.717, 1.165) is 89.9 Å². The lowest BCUT2D eigenvalue weighted by atomic mass is 10.0. The minimum absolute atomic E-state index is 0.0951. The highest BCUT2D eigenvalue weighted by atomic mass is 16.3. The lowest BCUT2D eigenvalue weighted by Gasteiger charge is -2.19. The highest BCUT2D eigenvalue weighted by molar-refractivity contribution is 5.76. The molecule has 1 amide bonds. The lowest BCUT2D eigenvalue weighted by molar-refractivity contribution is -0.123. The number of hydrogen-bond donors (Lipinski definition) is 3. The number of aliphatic hydroxyl groups excluding tert-OH is 2. The zero-order valence-corrected chi connectivity index (χ0v) is 46.3. The minimum Gasteiger partial charge on any atom is -0.394 e. The quantitative estimate of drug-likeness (QED) is 0.0420. The van der Waals surface area contributed by atoms with Crippen molar-refractivity contribution in [3.63, 3.8) is 0 Å². The topological polar surface area (TPSA) is 69.6 Å². The van der Waals surface area contributed by atoms with Gasteiger partial charge in [0.25, 0.3) is 0 Å². The van der Waals surface area contributed by atoms with Gasteiger partial charge >= 0.3 is 0 Å². The number of allylic oxidation sites excluding steroid dienone is 17. The van der Waals surface area contributed by atoms with Crippen LogP contribution in [0.25, 0.3) is 0 Å². The number of nitrogens with one attached hydrogen (secondary N) is 1. The Bertz CT molecular complexity index is 1330. The third kappa shape index (κ3) is 56.0. The molecule has 0 aromatic rings. The SMILES string of the molecule is CC/C=C\C/C=C\C/C=C\C/C=C\C/C=C\C/C=C\CCCCCCCCC(=O)NC(CO)C(O)/C=C/CC/C=C/CC/C=C/CCCCCCCCCCCCCCCCCCCCCCCCC. The fraction of sp³-hybridized carbons (Fsp3) is 0.712. The molecule has 0 radical (unpaired) electrons. The van der Waals surface area contributed by atoms with E-state index in [4.69, 9.17) is 0 Å². The van der Waals surface area contributed by atoms with E-state index in [9.17, 15) is 15.0 Å². The van der Waals surface area contributed by atoms with Crippen LogP contribution in [0.3, 0.4) is 0 Å². The molecular formula is C66H115NO3. The van der Waals surface area contributed by atoms with Gasteiger partial charge in [-0.25, -0.2) is 0 Å². The number of carbonyl (C=O) groups is 1. The molecule has 0 bridgehead atoms. The van der Waals surface area contributed by atoms with Crippen LogP contribution in [0.2, 0.25) is 0 Å². The highest BCUT2D eigenvalue weighted by Gasteiger charge is 2.18. The summed E-state index contributed by atoms with van der Waals surface area (Å²) >= 11 is 0. The smallest absolute Gasteiger partial charge is 0.220 e. The Balaban J connectivity index is 3.60. The second-order valence-electron chi connectivity index (χ2n) is 20.0. The van der Waals surface area contributed by atoms with E-state index in [1.165, 1.54) is 173 Å². The van der Waals surface area contributed by atoms with E-state index in [-0.39, 0.29) is 12.5 Å². The zero-order valence-electron chi connectivity index (χ0n) is 46.3. The number of rotatable bonds is 54. The number of hydrogen-bond acceptors (Lipinski definition) is 3. The van der Waals surface area contributed by atoms with Crippen molar-refractivity contribution >= 4 is 5.91 Å². The largest absolute Gasteiger partial charge is 0.394 e. The van der Waals surface area contributed by atoms with Crippen LogP contribution in [0.15, 0.2) is 109 Å². The average Bonchev–Trinajstić information content (AvgIpc) is 3.36. The highest BCUT2D eigenvalue weighted by Crippen LogP contribution is 2.16. The van der Waals surface area contributed by atoms with E-state index < -0.39 is 12.1 Å². The summed E-state index contributed by atoms with van der Waals surface area (Å²) in [7, 11) is 0. The molecule has 70 heavy (non-hydrogen) atoms. The Morgan fingerprint density at radius 1 is 0.357 bits per heavy atom. The van der Waals surface area contributed by atoms with Gasteiger partial charge in [-0.15, -0.1) is 0 Å². The van der Waals surface area contributed by atoms with E-state index in [2.05, 4.69) is 116 Å². The standard InChI is InChI=1S/C66H115NO3/c1-3-5-7-9-11-13-15-17-19-21-23-25-27-29-30-31-32-33-34-35-36-38-39-41-43-45-47-49-51-53-55-57-59-61-65(69)64(63-68)67-66(70)62-60-58-56-54-52-50-48-46-44-42-40-37-28-26-24-22-20-18-16-14-12-10-8-6-4-2/h6,8,12,14,18,20,24,26,37,40,43-46,51,53,59,61,64-65,68-69H,3-5,7,9-11,13,15-17,19,21-23,25,27-36,38-39,41-42,47-50,52,54-58,60,62-63H2,1-2H3,(H,67,70)/b8-6-,14-12-,20-18-,26-24-,40-37-,45-43+,46-44-,53-51+,61-59+. The molecule has 0 aromatic carbocycles. The van der Waals surface area contributed by atoms with E-state index in [1.807, 2.05) is 6.08 Å². The Morgan fingerprint density at radius 3 is 1.00 bits per heavy atom. The van der Waals surface area contributed by atoms with Crippen LogP contribution in [0.5, 0.6) is 0 Å². The van der Waals surface area contributed by atoms with Crippen LogP contribution in [0.1, 0.15) is 284 Å². The van der Waals surface area contributed by atoms with Crippen LogP contribution in [-0.2, 0) is 4.79 Å². The molecule has 4 heteroatoms. The molecule has 3 N–H and O–H groups in total. The van der Waals surface area contributed by atoms with Gasteiger partial charge in [0, 0.05) is 6.42 Å². The third-order valence-electron chi connectivity index (χ3n) is 13.2. The molecule has 4 nitrogen and oxygen atoms in total. The van der Waals surface area contributed by atoms with Gasteiger partial charge in [-0.2, -0.15) is 0 Å². The second-order valence-corrected chi connectivity index (χ2v) is 20.0. The van der Waals surface area contributed by atoms with Crippen LogP contribution in [0, 0.1) is 0 Å². The first kappa shape index (κ1) is 67.0. The molecule has 0 aliphatic heterocycles. The molecule has 2 atom stereocenters. The van der Waals surface area contributed by atoms with E-state index in [0.29, 0.717) is 6.42 Å². The van der Waals surface area contributed by atoms with Gasteiger partial charge in [0.05, 0.1) is 18.8 Å². The summed E-state index contributed by atoms with van der Waals surface area (Å²) in [5.74, 6) is -0.0951. The molecule has 0 aliphatic rings. The van der Waals surface area contributed by atoms with Crippen LogP contribution in [-0.4, -0.2) is 34.9 Å². The fourth-order valence-corrected chi connectivity index (χ4v) is 8.69. The molecule has 0 heterocycles. The molecule has 0 aliphatic carbocycles. The Labute approximate surface area is 436 Å². The number of carbonyl (C=O) groups excluding carboxylic acids is 1. The molecule has 0 fully saturated rings. The molecule has 0 saturated heterocycles.